The third-order valence-electron chi connectivity index (χ3n) is 2.73. The molecule has 0 saturated carbocycles. The third-order valence-corrected chi connectivity index (χ3v) is 2.73. The SMILES string of the molecule is CCC(NCC(O)CO)c1ccccc1OC. The molecule has 1 aromatic rings. The molecule has 3 N–H and O–H groups in total. The van der Waals surface area contributed by atoms with Crippen LogP contribution in [-0.2, 0) is 0 Å². The van der Waals surface area contributed by atoms with Gasteiger partial charge in [-0.25, -0.2) is 0 Å². The molecule has 4 heteroatoms. The molecule has 0 fully saturated rings. The monoisotopic (exact) mass is 239 g/mol. The lowest BCUT2D eigenvalue weighted by Gasteiger charge is -2.21. The van der Waals surface area contributed by atoms with Gasteiger partial charge in [0, 0.05) is 18.2 Å². The number of nitrogens with one attached hydrogen (secondary N) is 1. The number of aliphatic hydroxyl groups is 2. The molecule has 1 aromatic carbocycles. The van der Waals surface area contributed by atoms with Crippen molar-refractivity contribution in [3.63, 3.8) is 0 Å². The van der Waals surface area contributed by atoms with Gasteiger partial charge < -0.3 is 20.3 Å². The maximum Gasteiger partial charge on any atom is 0.123 e. The normalized spacial score (nSPS) is 14.4. The highest BCUT2D eigenvalue weighted by Crippen LogP contribution is 2.26. The van der Waals surface area contributed by atoms with E-state index in [0.717, 1.165) is 17.7 Å². The first-order chi connectivity index (χ1) is 8.22. The maximum atomic E-state index is 9.33. The van der Waals surface area contributed by atoms with Crippen LogP contribution in [-0.4, -0.2) is 36.6 Å². The van der Waals surface area contributed by atoms with E-state index in [4.69, 9.17) is 9.84 Å². The average Bonchev–Trinajstić information content (AvgIpc) is 2.39. The first kappa shape index (κ1) is 14.0. The second-order valence-electron chi connectivity index (χ2n) is 3.95. The topological polar surface area (TPSA) is 61.7 Å². The Morgan fingerprint density at radius 1 is 1.35 bits per heavy atom. The number of rotatable bonds is 7. The van der Waals surface area contributed by atoms with E-state index < -0.39 is 6.10 Å². The Bertz CT molecular complexity index is 330. The average molecular weight is 239 g/mol. The van der Waals surface area contributed by atoms with Gasteiger partial charge in [0.05, 0.1) is 19.8 Å². The number of ether oxygens (including phenoxy) is 1. The zero-order valence-corrected chi connectivity index (χ0v) is 10.4. The summed E-state index contributed by atoms with van der Waals surface area (Å²) in [5.41, 5.74) is 1.07. The second-order valence-corrected chi connectivity index (χ2v) is 3.95. The van der Waals surface area contributed by atoms with Gasteiger partial charge in [0.1, 0.15) is 5.75 Å². The molecular weight excluding hydrogens is 218 g/mol. The Hall–Kier alpha value is -1.10. The molecule has 4 nitrogen and oxygen atoms in total. The summed E-state index contributed by atoms with van der Waals surface area (Å²) in [7, 11) is 1.65. The lowest BCUT2D eigenvalue weighted by atomic mass is 10.0. The largest absolute Gasteiger partial charge is 0.496 e. The van der Waals surface area contributed by atoms with E-state index in [1.807, 2.05) is 24.3 Å². The molecular formula is C13H21NO3. The highest BCUT2D eigenvalue weighted by atomic mass is 16.5. The maximum absolute atomic E-state index is 9.33. The van der Waals surface area contributed by atoms with Gasteiger partial charge in [-0.05, 0) is 12.5 Å². The Balaban J connectivity index is 2.72. The van der Waals surface area contributed by atoms with Crippen LogP contribution in [0, 0.1) is 0 Å². The standard InChI is InChI=1S/C13H21NO3/c1-3-12(14-8-10(16)9-15)11-6-4-5-7-13(11)17-2/h4-7,10,12,14-16H,3,8-9H2,1-2H3. The van der Waals surface area contributed by atoms with Gasteiger partial charge in [-0.15, -0.1) is 0 Å². The molecule has 0 aliphatic rings. The summed E-state index contributed by atoms with van der Waals surface area (Å²) < 4.78 is 5.31. The first-order valence-electron chi connectivity index (χ1n) is 5.88. The van der Waals surface area contributed by atoms with Gasteiger partial charge >= 0.3 is 0 Å². The number of hydrogen-bond donors (Lipinski definition) is 3. The van der Waals surface area contributed by atoms with E-state index in [-0.39, 0.29) is 12.6 Å². The van der Waals surface area contributed by atoms with Crippen molar-refractivity contribution in [2.75, 3.05) is 20.3 Å². The van der Waals surface area contributed by atoms with Crippen LogP contribution in [0.25, 0.3) is 0 Å². The lowest BCUT2D eigenvalue weighted by Crippen LogP contribution is -2.32. The zero-order valence-electron chi connectivity index (χ0n) is 10.4. The van der Waals surface area contributed by atoms with Crippen LogP contribution in [0.3, 0.4) is 0 Å². The fourth-order valence-electron chi connectivity index (χ4n) is 1.77. The molecule has 0 amide bonds. The summed E-state index contributed by atoms with van der Waals surface area (Å²) in [4.78, 5) is 0. The van der Waals surface area contributed by atoms with Crippen molar-refractivity contribution < 1.29 is 14.9 Å². The summed E-state index contributed by atoms with van der Waals surface area (Å²) >= 11 is 0. The Morgan fingerprint density at radius 2 is 2.06 bits per heavy atom. The predicted molar refractivity (Wildman–Crippen MR) is 67.1 cm³/mol. The van der Waals surface area contributed by atoms with Crippen LogP contribution in [0.1, 0.15) is 24.9 Å². The van der Waals surface area contributed by atoms with Crippen molar-refractivity contribution in [1.29, 1.82) is 0 Å². The quantitative estimate of drug-likeness (QED) is 0.666. The molecule has 0 aliphatic heterocycles. The zero-order chi connectivity index (χ0) is 12.7. The molecule has 0 spiro atoms. The molecule has 0 aliphatic carbocycles. The van der Waals surface area contributed by atoms with Gasteiger partial charge in [0.25, 0.3) is 0 Å². The number of benzene rings is 1. The van der Waals surface area contributed by atoms with Crippen molar-refractivity contribution in [3.8, 4) is 5.75 Å². The van der Waals surface area contributed by atoms with Gasteiger partial charge in [-0.1, -0.05) is 25.1 Å². The minimum absolute atomic E-state index is 0.118. The van der Waals surface area contributed by atoms with Crippen molar-refractivity contribution in [1.82, 2.24) is 5.32 Å². The van der Waals surface area contributed by atoms with Gasteiger partial charge in [0.15, 0.2) is 0 Å². The molecule has 2 unspecified atom stereocenters. The molecule has 96 valence electrons. The number of aliphatic hydroxyl groups excluding tert-OH is 2. The molecule has 0 aromatic heterocycles. The van der Waals surface area contributed by atoms with E-state index in [2.05, 4.69) is 12.2 Å². The molecule has 0 bridgehead atoms. The van der Waals surface area contributed by atoms with E-state index in [1.165, 1.54) is 0 Å². The van der Waals surface area contributed by atoms with Crippen molar-refractivity contribution in [2.24, 2.45) is 0 Å². The number of hydrogen-bond acceptors (Lipinski definition) is 4. The fourth-order valence-corrected chi connectivity index (χ4v) is 1.77. The number of para-hydroxylation sites is 1. The van der Waals surface area contributed by atoms with E-state index in [1.54, 1.807) is 7.11 Å². The Labute approximate surface area is 102 Å². The Kier molecular flexibility index (Phi) is 5.97. The van der Waals surface area contributed by atoms with Crippen LogP contribution < -0.4 is 10.1 Å². The van der Waals surface area contributed by atoms with Crippen molar-refractivity contribution in [2.45, 2.75) is 25.5 Å². The molecule has 2 atom stereocenters. The highest BCUT2D eigenvalue weighted by Gasteiger charge is 2.14. The van der Waals surface area contributed by atoms with Crippen LogP contribution in [0.2, 0.25) is 0 Å². The lowest BCUT2D eigenvalue weighted by molar-refractivity contribution is 0.0916. The van der Waals surface area contributed by atoms with Crippen LogP contribution in [0.5, 0.6) is 5.75 Å². The van der Waals surface area contributed by atoms with Gasteiger partial charge in [-0.2, -0.15) is 0 Å². The molecule has 1 rings (SSSR count). The van der Waals surface area contributed by atoms with Crippen LogP contribution >= 0.6 is 0 Å². The predicted octanol–water partition coefficient (Wildman–Crippen LogP) is 1.09. The molecule has 0 saturated heterocycles. The van der Waals surface area contributed by atoms with Crippen molar-refractivity contribution in [3.05, 3.63) is 29.8 Å². The molecule has 0 radical (unpaired) electrons. The highest BCUT2D eigenvalue weighted by molar-refractivity contribution is 5.35. The fraction of sp³-hybridized carbons (Fsp3) is 0.538. The van der Waals surface area contributed by atoms with E-state index in [9.17, 15) is 5.11 Å². The minimum Gasteiger partial charge on any atom is -0.496 e. The summed E-state index contributed by atoms with van der Waals surface area (Å²) in [5.74, 6) is 0.838. The summed E-state index contributed by atoms with van der Waals surface area (Å²) in [5, 5.41) is 21.3. The minimum atomic E-state index is -0.723. The second kappa shape index (κ2) is 7.27. The van der Waals surface area contributed by atoms with Gasteiger partial charge in [0.2, 0.25) is 0 Å². The van der Waals surface area contributed by atoms with Crippen LogP contribution in [0.4, 0.5) is 0 Å². The summed E-state index contributed by atoms with van der Waals surface area (Å²) in [6, 6.07) is 7.93. The molecule has 17 heavy (non-hydrogen) atoms. The van der Waals surface area contributed by atoms with Gasteiger partial charge in [-0.3, -0.25) is 0 Å². The summed E-state index contributed by atoms with van der Waals surface area (Å²) in [6.07, 6.45) is 0.164. The van der Waals surface area contributed by atoms with E-state index >= 15 is 0 Å². The van der Waals surface area contributed by atoms with E-state index in [0.29, 0.717) is 6.54 Å². The first-order valence-corrected chi connectivity index (χ1v) is 5.88. The van der Waals surface area contributed by atoms with Crippen molar-refractivity contribution >= 4 is 0 Å². The smallest absolute Gasteiger partial charge is 0.123 e. The number of methoxy groups -OCH3 is 1. The molecule has 0 heterocycles. The third kappa shape index (κ3) is 4.00. The van der Waals surface area contributed by atoms with Crippen LogP contribution in [0.15, 0.2) is 24.3 Å². The Morgan fingerprint density at radius 3 is 2.65 bits per heavy atom. The summed E-state index contributed by atoms with van der Waals surface area (Å²) in [6.45, 7) is 2.21.